The third-order valence-corrected chi connectivity index (χ3v) is 3.91. The number of hydrogen-bond acceptors (Lipinski definition) is 4. The van der Waals surface area contributed by atoms with Crippen LogP contribution in [0.5, 0.6) is 11.5 Å². The fraction of sp³-hybridized carbons (Fsp3) is 0.647. The minimum atomic E-state index is 0.663. The first kappa shape index (κ1) is 16.1. The van der Waals surface area contributed by atoms with Crippen LogP contribution in [0, 0.1) is 5.92 Å². The number of para-hydroxylation sites is 2. The Bertz CT molecular complexity index is 406. The molecular weight excluding hydrogens is 264 g/mol. The Kier molecular flexibility index (Phi) is 6.83. The topological polar surface area (TPSA) is 33.7 Å². The van der Waals surface area contributed by atoms with Crippen molar-refractivity contribution in [2.24, 2.45) is 5.92 Å². The van der Waals surface area contributed by atoms with Crippen LogP contribution in [-0.4, -0.2) is 51.3 Å². The van der Waals surface area contributed by atoms with Gasteiger partial charge in [-0.1, -0.05) is 12.1 Å². The molecule has 118 valence electrons. The summed E-state index contributed by atoms with van der Waals surface area (Å²) in [4.78, 5) is 2.37. The number of nitrogens with one attached hydrogen (secondary N) is 1. The quantitative estimate of drug-likeness (QED) is 0.798. The van der Waals surface area contributed by atoms with Crippen molar-refractivity contribution >= 4 is 0 Å². The molecule has 1 heterocycles. The van der Waals surface area contributed by atoms with Crippen LogP contribution in [0.4, 0.5) is 0 Å². The molecule has 0 aliphatic carbocycles. The van der Waals surface area contributed by atoms with E-state index in [2.05, 4.69) is 17.3 Å². The predicted molar refractivity (Wildman–Crippen MR) is 86.2 cm³/mol. The van der Waals surface area contributed by atoms with Crippen molar-refractivity contribution in [2.45, 2.75) is 19.8 Å². The first-order chi connectivity index (χ1) is 10.3. The van der Waals surface area contributed by atoms with E-state index in [0.29, 0.717) is 13.2 Å². The number of hydrogen-bond donors (Lipinski definition) is 1. The summed E-state index contributed by atoms with van der Waals surface area (Å²) in [5.74, 6) is 2.50. The number of nitrogens with zero attached hydrogens (tertiary/aromatic N) is 1. The molecule has 21 heavy (non-hydrogen) atoms. The predicted octanol–water partition coefficient (Wildman–Crippen LogP) is 2.40. The molecule has 0 saturated carbocycles. The molecule has 1 aromatic rings. The summed E-state index contributed by atoms with van der Waals surface area (Å²) < 4.78 is 11.4. The smallest absolute Gasteiger partial charge is 0.161 e. The van der Waals surface area contributed by atoms with Gasteiger partial charge >= 0.3 is 0 Å². The van der Waals surface area contributed by atoms with Crippen LogP contribution in [0.2, 0.25) is 0 Å². The van der Waals surface area contributed by atoms with Crippen molar-refractivity contribution in [2.75, 3.05) is 46.4 Å². The summed E-state index contributed by atoms with van der Waals surface area (Å²) in [5.41, 5.74) is 0. The molecule has 1 saturated heterocycles. The van der Waals surface area contributed by atoms with Crippen molar-refractivity contribution in [3.63, 3.8) is 0 Å². The highest BCUT2D eigenvalue weighted by atomic mass is 16.5. The van der Waals surface area contributed by atoms with Gasteiger partial charge in [0.1, 0.15) is 6.61 Å². The number of rotatable bonds is 8. The lowest BCUT2D eigenvalue weighted by Crippen LogP contribution is -2.36. The van der Waals surface area contributed by atoms with Crippen molar-refractivity contribution in [3.8, 4) is 11.5 Å². The summed E-state index contributed by atoms with van der Waals surface area (Å²) in [6, 6.07) is 7.88. The third kappa shape index (κ3) is 5.56. The second-order valence-electron chi connectivity index (χ2n) is 5.68. The summed E-state index contributed by atoms with van der Waals surface area (Å²) >= 11 is 0. The van der Waals surface area contributed by atoms with Crippen LogP contribution in [0.1, 0.15) is 19.8 Å². The van der Waals surface area contributed by atoms with E-state index in [1.54, 1.807) is 0 Å². The summed E-state index contributed by atoms with van der Waals surface area (Å²) in [5, 5.41) is 3.41. The van der Waals surface area contributed by atoms with Crippen LogP contribution >= 0.6 is 0 Å². The van der Waals surface area contributed by atoms with Crippen molar-refractivity contribution in [1.29, 1.82) is 0 Å². The molecule has 2 rings (SSSR count). The van der Waals surface area contributed by atoms with Gasteiger partial charge in [-0.3, -0.25) is 0 Å². The van der Waals surface area contributed by atoms with Crippen LogP contribution < -0.4 is 14.8 Å². The molecule has 0 atom stereocenters. The first-order valence-corrected chi connectivity index (χ1v) is 8.03. The molecule has 1 N–H and O–H groups in total. The maximum atomic E-state index is 5.87. The molecule has 1 aliphatic heterocycles. The van der Waals surface area contributed by atoms with E-state index >= 15 is 0 Å². The lowest BCUT2D eigenvalue weighted by molar-refractivity contribution is 0.194. The summed E-state index contributed by atoms with van der Waals surface area (Å²) in [6.45, 7) is 7.79. The van der Waals surface area contributed by atoms with Crippen LogP contribution in [-0.2, 0) is 0 Å². The van der Waals surface area contributed by atoms with E-state index in [4.69, 9.17) is 9.47 Å². The van der Waals surface area contributed by atoms with Crippen LogP contribution in [0.3, 0.4) is 0 Å². The van der Waals surface area contributed by atoms with Gasteiger partial charge < -0.3 is 19.7 Å². The average Bonchev–Trinajstić information content (AvgIpc) is 2.50. The van der Waals surface area contributed by atoms with Gasteiger partial charge in [-0.2, -0.15) is 0 Å². The lowest BCUT2D eigenvalue weighted by Gasteiger charge is -2.27. The molecule has 0 bridgehead atoms. The Labute approximate surface area is 128 Å². The van der Waals surface area contributed by atoms with Gasteiger partial charge in [-0.15, -0.1) is 0 Å². The fourth-order valence-electron chi connectivity index (χ4n) is 2.75. The number of benzene rings is 1. The van der Waals surface area contributed by atoms with Crippen LogP contribution in [0.25, 0.3) is 0 Å². The highest BCUT2D eigenvalue weighted by molar-refractivity contribution is 5.39. The molecule has 4 nitrogen and oxygen atoms in total. The zero-order valence-electron chi connectivity index (χ0n) is 13.3. The third-order valence-electron chi connectivity index (χ3n) is 3.91. The molecule has 0 amide bonds. The largest absolute Gasteiger partial charge is 0.490 e. The number of ether oxygens (including phenoxy) is 2. The molecule has 1 aliphatic rings. The normalized spacial score (nSPS) is 16.1. The molecule has 4 heteroatoms. The summed E-state index contributed by atoms with van der Waals surface area (Å²) in [7, 11) is 2.18. The average molecular weight is 292 g/mol. The van der Waals surface area contributed by atoms with Crippen molar-refractivity contribution in [3.05, 3.63) is 24.3 Å². The van der Waals surface area contributed by atoms with E-state index in [0.717, 1.165) is 43.6 Å². The van der Waals surface area contributed by atoms with E-state index in [1.165, 1.54) is 12.8 Å². The van der Waals surface area contributed by atoms with Crippen molar-refractivity contribution in [1.82, 2.24) is 10.2 Å². The molecule has 1 aromatic carbocycles. The van der Waals surface area contributed by atoms with Gasteiger partial charge in [0, 0.05) is 13.1 Å². The van der Waals surface area contributed by atoms with Gasteiger partial charge in [0.2, 0.25) is 0 Å². The number of piperidine rings is 1. The SMILES string of the molecule is CCOc1ccccc1OCCN(C)CC1CCNCC1. The van der Waals surface area contributed by atoms with Gasteiger partial charge in [-0.05, 0) is 58.0 Å². The van der Waals surface area contributed by atoms with Gasteiger partial charge in [-0.25, -0.2) is 0 Å². The van der Waals surface area contributed by atoms with Gasteiger partial charge in [0.25, 0.3) is 0 Å². The zero-order chi connectivity index (χ0) is 14.9. The molecular formula is C17H28N2O2. The maximum Gasteiger partial charge on any atom is 0.161 e. The highest BCUT2D eigenvalue weighted by Crippen LogP contribution is 2.26. The Morgan fingerprint density at radius 1 is 1.14 bits per heavy atom. The Balaban J connectivity index is 1.70. The Morgan fingerprint density at radius 2 is 1.81 bits per heavy atom. The van der Waals surface area contributed by atoms with E-state index in [1.807, 2.05) is 31.2 Å². The number of likely N-dealkylation sites (N-methyl/N-ethyl adjacent to an activating group) is 1. The molecule has 0 spiro atoms. The Hall–Kier alpha value is -1.26. The van der Waals surface area contributed by atoms with Gasteiger partial charge in [0.15, 0.2) is 11.5 Å². The minimum absolute atomic E-state index is 0.663. The highest BCUT2D eigenvalue weighted by Gasteiger charge is 2.15. The molecule has 0 radical (unpaired) electrons. The second-order valence-corrected chi connectivity index (χ2v) is 5.68. The standard InChI is InChI=1S/C17H28N2O2/c1-3-20-16-6-4-5-7-17(16)21-13-12-19(2)14-15-8-10-18-11-9-15/h4-7,15,18H,3,8-14H2,1-2H3. The zero-order valence-corrected chi connectivity index (χ0v) is 13.3. The van der Waals surface area contributed by atoms with E-state index in [9.17, 15) is 0 Å². The summed E-state index contributed by atoms with van der Waals surface area (Å²) in [6.07, 6.45) is 2.58. The second kappa shape index (κ2) is 8.90. The monoisotopic (exact) mass is 292 g/mol. The van der Waals surface area contributed by atoms with E-state index < -0.39 is 0 Å². The van der Waals surface area contributed by atoms with E-state index in [-0.39, 0.29) is 0 Å². The molecule has 0 aromatic heterocycles. The fourth-order valence-corrected chi connectivity index (χ4v) is 2.75. The lowest BCUT2D eigenvalue weighted by atomic mass is 9.98. The maximum absolute atomic E-state index is 5.87. The van der Waals surface area contributed by atoms with Gasteiger partial charge in [0.05, 0.1) is 6.61 Å². The van der Waals surface area contributed by atoms with Crippen molar-refractivity contribution < 1.29 is 9.47 Å². The minimum Gasteiger partial charge on any atom is -0.490 e. The Morgan fingerprint density at radius 3 is 2.48 bits per heavy atom. The molecule has 1 fully saturated rings. The first-order valence-electron chi connectivity index (χ1n) is 8.03. The van der Waals surface area contributed by atoms with Crippen LogP contribution in [0.15, 0.2) is 24.3 Å². The molecule has 0 unspecified atom stereocenters.